The smallest absolute Gasteiger partial charge is 0.230 e. The number of hydrogen-bond acceptors (Lipinski definition) is 2. The van der Waals surface area contributed by atoms with Crippen molar-refractivity contribution >= 4 is 34.5 Å². The van der Waals surface area contributed by atoms with Crippen molar-refractivity contribution < 1.29 is 4.79 Å². The van der Waals surface area contributed by atoms with Gasteiger partial charge >= 0.3 is 0 Å². The van der Waals surface area contributed by atoms with E-state index >= 15 is 0 Å². The summed E-state index contributed by atoms with van der Waals surface area (Å²) in [5.41, 5.74) is 1.08. The van der Waals surface area contributed by atoms with Crippen molar-refractivity contribution in [3.63, 3.8) is 0 Å². The van der Waals surface area contributed by atoms with Gasteiger partial charge in [-0.2, -0.15) is 12.6 Å². The fraction of sp³-hybridized carbons (Fsp3) is 0.300. The molecule has 0 saturated heterocycles. The van der Waals surface area contributed by atoms with Crippen LogP contribution in [0.15, 0.2) is 28.7 Å². The molecule has 0 aliphatic heterocycles. The SMILES string of the molecule is CC(NC(=O)CS)c1cccc(Br)c1. The first-order valence-electron chi connectivity index (χ1n) is 4.29. The lowest BCUT2D eigenvalue weighted by Crippen LogP contribution is -2.27. The van der Waals surface area contributed by atoms with E-state index in [9.17, 15) is 4.79 Å². The van der Waals surface area contributed by atoms with E-state index in [2.05, 4.69) is 33.9 Å². The predicted octanol–water partition coefficient (Wildman–Crippen LogP) is 2.56. The van der Waals surface area contributed by atoms with E-state index < -0.39 is 0 Å². The summed E-state index contributed by atoms with van der Waals surface area (Å²) in [5.74, 6) is 0.166. The predicted molar refractivity (Wildman–Crippen MR) is 64.6 cm³/mol. The molecule has 0 radical (unpaired) electrons. The molecule has 76 valence electrons. The van der Waals surface area contributed by atoms with Gasteiger partial charge in [0.2, 0.25) is 5.91 Å². The Morgan fingerprint density at radius 1 is 1.64 bits per heavy atom. The maximum Gasteiger partial charge on any atom is 0.230 e. The van der Waals surface area contributed by atoms with Gasteiger partial charge in [-0.1, -0.05) is 28.1 Å². The van der Waals surface area contributed by atoms with Gasteiger partial charge in [-0.05, 0) is 24.6 Å². The van der Waals surface area contributed by atoms with Gasteiger partial charge in [0.1, 0.15) is 0 Å². The van der Waals surface area contributed by atoms with Crippen molar-refractivity contribution in [3.05, 3.63) is 34.3 Å². The third kappa shape index (κ3) is 3.35. The van der Waals surface area contributed by atoms with Crippen molar-refractivity contribution in [2.24, 2.45) is 0 Å². The lowest BCUT2D eigenvalue weighted by molar-refractivity contribution is -0.119. The second-order valence-electron chi connectivity index (χ2n) is 3.00. The van der Waals surface area contributed by atoms with Crippen LogP contribution in [0.2, 0.25) is 0 Å². The van der Waals surface area contributed by atoms with Gasteiger partial charge in [0, 0.05) is 4.47 Å². The summed E-state index contributed by atoms with van der Waals surface area (Å²) >= 11 is 7.29. The van der Waals surface area contributed by atoms with Crippen LogP contribution in [0.4, 0.5) is 0 Å². The van der Waals surface area contributed by atoms with E-state index in [0.717, 1.165) is 10.0 Å². The molecule has 14 heavy (non-hydrogen) atoms. The molecule has 1 N–H and O–H groups in total. The molecule has 0 bridgehead atoms. The topological polar surface area (TPSA) is 29.1 Å². The number of rotatable bonds is 3. The third-order valence-electron chi connectivity index (χ3n) is 1.87. The minimum atomic E-state index is -0.0548. The Morgan fingerprint density at radius 3 is 2.93 bits per heavy atom. The van der Waals surface area contributed by atoms with Gasteiger partial charge in [-0.15, -0.1) is 0 Å². The summed E-state index contributed by atoms with van der Waals surface area (Å²) < 4.78 is 1.02. The quantitative estimate of drug-likeness (QED) is 0.815. The number of amides is 1. The summed E-state index contributed by atoms with van der Waals surface area (Å²) in [6.07, 6.45) is 0. The molecule has 0 saturated carbocycles. The number of nitrogens with one attached hydrogen (secondary N) is 1. The minimum Gasteiger partial charge on any atom is -0.349 e. The van der Waals surface area contributed by atoms with Gasteiger partial charge in [-0.25, -0.2) is 0 Å². The van der Waals surface area contributed by atoms with E-state index in [4.69, 9.17) is 0 Å². The fourth-order valence-corrected chi connectivity index (χ4v) is 1.65. The van der Waals surface area contributed by atoms with Crippen LogP contribution in [-0.4, -0.2) is 11.7 Å². The highest BCUT2D eigenvalue weighted by molar-refractivity contribution is 9.10. The van der Waals surface area contributed by atoms with Gasteiger partial charge in [0.05, 0.1) is 11.8 Å². The number of benzene rings is 1. The highest BCUT2D eigenvalue weighted by Crippen LogP contribution is 2.17. The van der Waals surface area contributed by atoms with Crippen LogP contribution < -0.4 is 5.32 Å². The summed E-state index contributed by atoms with van der Waals surface area (Å²) in [6, 6.07) is 7.89. The van der Waals surface area contributed by atoms with Crippen LogP contribution >= 0.6 is 28.6 Å². The number of halogens is 1. The van der Waals surface area contributed by atoms with Gasteiger partial charge in [0.15, 0.2) is 0 Å². The van der Waals surface area contributed by atoms with Crippen molar-refractivity contribution in [1.82, 2.24) is 5.32 Å². The lowest BCUT2D eigenvalue weighted by atomic mass is 10.1. The standard InChI is InChI=1S/C10H12BrNOS/c1-7(12-10(13)6-14)8-3-2-4-9(11)5-8/h2-5,7,14H,6H2,1H3,(H,12,13). The van der Waals surface area contributed by atoms with Crippen LogP contribution in [0.5, 0.6) is 0 Å². The zero-order valence-electron chi connectivity index (χ0n) is 7.83. The van der Waals surface area contributed by atoms with Crippen LogP contribution in [0.25, 0.3) is 0 Å². The van der Waals surface area contributed by atoms with E-state index in [1.165, 1.54) is 0 Å². The third-order valence-corrected chi connectivity index (χ3v) is 2.65. The molecular weight excluding hydrogens is 262 g/mol. The molecule has 4 heteroatoms. The second-order valence-corrected chi connectivity index (χ2v) is 4.23. The van der Waals surface area contributed by atoms with Crippen molar-refractivity contribution in [1.29, 1.82) is 0 Å². The van der Waals surface area contributed by atoms with E-state index in [1.807, 2.05) is 31.2 Å². The molecule has 1 aromatic carbocycles. The summed E-state index contributed by atoms with van der Waals surface area (Å²) in [4.78, 5) is 11.1. The molecule has 0 heterocycles. The molecule has 0 spiro atoms. The highest BCUT2D eigenvalue weighted by atomic mass is 79.9. The average Bonchev–Trinajstić information content (AvgIpc) is 2.17. The number of carbonyl (C=O) groups is 1. The minimum absolute atomic E-state index is 0.0205. The molecule has 1 amide bonds. The zero-order valence-corrected chi connectivity index (χ0v) is 10.3. The molecule has 0 aromatic heterocycles. The van der Waals surface area contributed by atoms with Gasteiger partial charge in [-0.3, -0.25) is 4.79 Å². The monoisotopic (exact) mass is 273 g/mol. The maximum atomic E-state index is 11.1. The Hall–Kier alpha value is -0.480. The van der Waals surface area contributed by atoms with Crippen molar-refractivity contribution in [2.75, 3.05) is 5.75 Å². The molecule has 1 aromatic rings. The number of hydrogen-bond donors (Lipinski definition) is 2. The summed E-state index contributed by atoms with van der Waals surface area (Å²) in [6.45, 7) is 1.95. The number of thiol groups is 1. The summed E-state index contributed by atoms with van der Waals surface area (Å²) in [7, 11) is 0. The van der Waals surface area contributed by atoms with Crippen molar-refractivity contribution in [3.8, 4) is 0 Å². The Morgan fingerprint density at radius 2 is 2.36 bits per heavy atom. The van der Waals surface area contributed by atoms with Gasteiger partial charge < -0.3 is 5.32 Å². The van der Waals surface area contributed by atoms with Crippen molar-refractivity contribution in [2.45, 2.75) is 13.0 Å². The van der Waals surface area contributed by atoms with Crippen LogP contribution in [0, 0.1) is 0 Å². The normalized spacial score (nSPS) is 12.2. The molecule has 0 fully saturated rings. The second kappa shape index (κ2) is 5.41. The van der Waals surface area contributed by atoms with E-state index in [0.29, 0.717) is 0 Å². The molecule has 1 rings (SSSR count). The molecule has 1 atom stereocenters. The molecule has 0 aliphatic carbocycles. The van der Waals surface area contributed by atoms with Crippen LogP contribution in [-0.2, 0) is 4.79 Å². The molecule has 2 nitrogen and oxygen atoms in total. The average molecular weight is 274 g/mol. The Bertz CT molecular complexity index is 330. The Kier molecular flexibility index (Phi) is 4.48. The molecule has 1 unspecified atom stereocenters. The molecular formula is C10H12BrNOS. The fourth-order valence-electron chi connectivity index (χ4n) is 1.15. The van der Waals surface area contributed by atoms with Gasteiger partial charge in [0.25, 0.3) is 0 Å². The number of carbonyl (C=O) groups excluding carboxylic acids is 1. The Labute approximate surface area is 97.6 Å². The first-order valence-corrected chi connectivity index (χ1v) is 5.71. The molecule has 0 aliphatic rings. The maximum absolute atomic E-state index is 11.1. The first-order chi connectivity index (χ1) is 6.63. The van der Waals surface area contributed by atoms with E-state index in [-0.39, 0.29) is 17.7 Å². The largest absolute Gasteiger partial charge is 0.349 e. The van der Waals surface area contributed by atoms with Crippen LogP contribution in [0.3, 0.4) is 0 Å². The van der Waals surface area contributed by atoms with Crippen LogP contribution in [0.1, 0.15) is 18.5 Å². The zero-order chi connectivity index (χ0) is 10.6. The summed E-state index contributed by atoms with van der Waals surface area (Å²) in [5, 5.41) is 2.84. The first kappa shape index (κ1) is 11.6. The highest BCUT2D eigenvalue weighted by Gasteiger charge is 2.07. The van der Waals surface area contributed by atoms with E-state index in [1.54, 1.807) is 0 Å². The Balaban J connectivity index is 2.69. The lowest BCUT2D eigenvalue weighted by Gasteiger charge is -2.13.